The van der Waals surface area contributed by atoms with Gasteiger partial charge in [-0.05, 0) is 24.6 Å². The fourth-order valence-electron chi connectivity index (χ4n) is 2.14. The second kappa shape index (κ2) is 6.33. The van der Waals surface area contributed by atoms with E-state index in [1.54, 1.807) is 18.2 Å². The molecule has 1 fully saturated rings. The number of amides is 3. The van der Waals surface area contributed by atoms with Crippen molar-refractivity contribution in [3.8, 4) is 0 Å². The van der Waals surface area contributed by atoms with E-state index in [2.05, 4.69) is 10.6 Å². The van der Waals surface area contributed by atoms with Crippen molar-refractivity contribution >= 4 is 40.8 Å². The van der Waals surface area contributed by atoms with Gasteiger partial charge in [-0.3, -0.25) is 4.79 Å². The number of rotatable bonds is 2. The Bertz CT molecular complexity index is 536. The normalized spacial score (nSPS) is 18.6. The third kappa shape index (κ3) is 3.16. The van der Waals surface area contributed by atoms with Gasteiger partial charge in [0, 0.05) is 18.1 Å². The van der Waals surface area contributed by atoms with Gasteiger partial charge in [0.25, 0.3) is 0 Å². The molecule has 7 heteroatoms. The maximum atomic E-state index is 12.3. The van der Waals surface area contributed by atoms with Crippen molar-refractivity contribution < 1.29 is 9.59 Å². The van der Waals surface area contributed by atoms with Gasteiger partial charge >= 0.3 is 6.03 Å². The van der Waals surface area contributed by atoms with Crippen molar-refractivity contribution in [2.45, 2.75) is 19.4 Å². The van der Waals surface area contributed by atoms with E-state index in [4.69, 9.17) is 23.2 Å². The first-order valence-corrected chi connectivity index (χ1v) is 7.09. The molecule has 2 rings (SSSR count). The standard InChI is InChI=1S/C13H15Cl2N3O2/c1-2-11-12(19)16-5-6-18(11)13(20)17-10-4-3-8(14)7-9(10)15/h3-4,7,11H,2,5-6H2,1H3,(H,16,19)(H,17,20)/t11-/m0/s1. The number of hydrogen-bond acceptors (Lipinski definition) is 2. The summed E-state index contributed by atoms with van der Waals surface area (Å²) >= 11 is 11.8. The van der Waals surface area contributed by atoms with Crippen LogP contribution in [0.3, 0.4) is 0 Å². The maximum absolute atomic E-state index is 12.3. The molecule has 1 aliphatic rings. The van der Waals surface area contributed by atoms with Crippen molar-refractivity contribution in [2.24, 2.45) is 0 Å². The van der Waals surface area contributed by atoms with Gasteiger partial charge in [0.05, 0.1) is 10.7 Å². The minimum absolute atomic E-state index is 0.129. The summed E-state index contributed by atoms with van der Waals surface area (Å²) in [5.41, 5.74) is 0.474. The smallest absolute Gasteiger partial charge is 0.322 e. The molecule has 0 aromatic heterocycles. The van der Waals surface area contributed by atoms with E-state index < -0.39 is 6.04 Å². The zero-order valence-corrected chi connectivity index (χ0v) is 12.5. The monoisotopic (exact) mass is 315 g/mol. The van der Waals surface area contributed by atoms with Crippen molar-refractivity contribution in [3.05, 3.63) is 28.2 Å². The molecule has 0 spiro atoms. The van der Waals surface area contributed by atoms with E-state index in [1.165, 1.54) is 4.90 Å². The van der Waals surface area contributed by atoms with Crippen LogP contribution in [-0.4, -0.2) is 36.0 Å². The number of nitrogens with one attached hydrogen (secondary N) is 2. The molecule has 0 saturated carbocycles. The number of piperazine rings is 1. The summed E-state index contributed by atoms with van der Waals surface area (Å²) in [6, 6.07) is 4.04. The molecule has 2 N–H and O–H groups in total. The second-order valence-corrected chi connectivity index (χ2v) is 5.31. The number of carbonyl (C=O) groups is 2. The molecule has 5 nitrogen and oxygen atoms in total. The van der Waals surface area contributed by atoms with Gasteiger partial charge in [0.15, 0.2) is 0 Å². The van der Waals surface area contributed by atoms with Crippen LogP contribution in [0, 0.1) is 0 Å². The fraction of sp³-hybridized carbons (Fsp3) is 0.385. The van der Waals surface area contributed by atoms with Crippen molar-refractivity contribution in [1.82, 2.24) is 10.2 Å². The van der Waals surface area contributed by atoms with Crippen molar-refractivity contribution in [3.63, 3.8) is 0 Å². The molecule has 0 bridgehead atoms. The average Bonchev–Trinajstić information content (AvgIpc) is 2.41. The van der Waals surface area contributed by atoms with Crippen LogP contribution in [0.1, 0.15) is 13.3 Å². The van der Waals surface area contributed by atoms with Crippen LogP contribution in [0.5, 0.6) is 0 Å². The first kappa shape index (κ1) is 14.9. The van der Waals surface area contributed by atoms with Gasteiger partial charge in [-0.25, -0.2) is 4.79 Å². The predicted molar refractivity (Wildman–Crippen MR) is 79.3 cm³/mol. The molecule has 3 amide bonds. The molecule has 0 radical (unpaired) electrons. The third-order valence-corrected chi connectivity index (χ3v) is 3.70. The lowest BCUT2D eigenvalue weighted by molar-refractivity contribution is -0.127. The van der Waals surface area contributed by atoms with Gasteiger partial charge < -0.3 is 15.5 Å². The summed E-state index contributed by atoms with van der Waals surface area (Å²) in [5.74, 6) is -0.129. The minimum Gasteiger partial charge on any atom is -0.353 e. The third-order valence-electron chi connectivity index (χ3n) is 3.15. The van der Waals surface area contributed by atoms with Gasteiger partial charge in [-0.2, -0.15) is 0 Å². The van der Waals surface area contributed by atoms with Crippen molar-refractivity contribution in [1.29, 1.82) is 0 Å². The Morgan fingerprint density at radius 3 is 2.90 bits per heavy atom. The summed E-state index contributed by atoms with van der Waals surface area (Å²) in [4.78, 5) is 25.5. The fourth-order valence-corrected chi connectivity index (χ4v) is 2.60. The van der Waals surface area contributed by atoms with E-state index in [0.717, 1.165) is 0 Å². The van der Waals surface area contributed by atoms with Crippen LogP contribution in [0.2, 0.25) is 10.0 Å². The lowest BCUT2D eigenvalue weighted by Gasteiger charge is -2.34. The minimum atomic E-state index is -0.449. The molecule has 20 heavy (non-hydrogen) atoms. The molecule has 1 aromatic rings. The van der Waals surface area contributed by atoms with Gasteiger partial charge in [0.1, 0.15) is 6.04 Å². The Kier molecular flexibility index (Phi) is 4.73. The quantitative estimate of drug-likeness (QED) is 0.881. The highest BCUT2D eigenvalue weighted by Gasteiger charge is 2.31. The largest absolute Gasteiger partial charge is 0.353 e. The molecule has 0 unspecified atom stereocenters. The maximum Gasteiger partial charge on any atom is 0.322 e. The van der Waals surface area contributed by atoms with E-state index in [9.17, 15) is 9.59 Å². The Morgan fingerprint density at radius 2 is 2.25 bits per heavy atom. The van der Waals surface area contributed by atoms with Crippen LogP contribution in [-0.2, 0) is 4.79 Å². The van der Waals surface area contributed by atoms with E-state index >= 15 is 0 Å². The first-order valence-electron chi connectivity index (χ1n) is 6.33. The van der Waals surface area contributed by atoms with Crippen LogP contribution in [0.4, 0.5) is 10.5 Å². The van der Waals surface area contributed by atoms with E-state index in [0.29, 0.717) is 35.2 Å². The van der Waals surface area contributed by atoms with Gasteiger partial charge in [0.2, 0.25) is 5.91 Å². The molecule has 108 valence electrons. The van der Waals surface area contributed by atoms with Crippen LogP contribution in [0.15, 0.2) is 18.2 Å². The van der Waals surface area contributed by atoms with Gasteiger partial charge in [-0.15, -0.1) is 0 Å². The average molecular weight is 316 g/mol. The topological polar surface area (TPSA) is 61.4 Å². The highest BCUT2D eigenvalue weighted by molar-refractivity contribution is 6.36. The molecular formula is C13H15Cl2N3O2. The lowest BCUT2D eigenvalue weighted by Crippen LogP contribution is -2.57. The second-order valence-electron chi connectivity index (χ2n) is 4.46. The number of halogens is 2. The summed E-state index contributed by atoms with van der Waals surface area (Å²) in [5, 5.41) is 6.31. The SMILES string of the molecule is CC[C@H]1C(=O)NCCN1C(=O)Nc1ccc(Cl)cc1Cl. The summed E-state index contributed by atoms with van der Waals surface area (Å²) in [6.07, 6.45) is 0.563. The Morgan fingerprint density at radius 1 is 1.50 bits per heavy atom. The molecular weight excluding hydrogens is 301 g/mol. The van der Waals surface area contributed by atoms with E-state index in [-0.39, 0.29) is 11.9 Å². The first-order chi connectivity index (χ1) is 9.52. The van der Waals surface area contributed by atoms with Crippen molar-refractivity contribution in [2.75, 3.05) is 18.4 Å². The molecule has 0 aliphatic carbocycles. The summed E-state index contributed by atoms with van der Waals surface area (Å²) < 4.78 is 0. The van der Waals surface area contributed by atoms with Crippen LogP contribution in [0.25, 0.3) is 0 Å². The number of carbonyl (C=O) groups excluding carboxylic acids is 2. The zero-order chi connectivity index (χ0) is 14.7. The number of urea groups is 1. The summed E-state index contributed by atoms with van der Waals surface area (Å²) in [6.45, 7) is 2.80. The highest BCUT2D eigenvalue weighted by Crippen LogP contribution is 2.26. The number of benzene rings is 1. The number of anilines is 1. The highest BCUT2D eigenvalue weighted by atomic mass is 35.5. The zero-order valence-electron chi connectivity index (χ0n) is 11.0. The summed E-state index contributed by atoms with van der Waals surface area (Å²) in [7, 11) is 0. The number of hydrogen-bond donors (Lipinski definition) is 2. The van der Waals surface area contributed by atoms with Gasteiger partial charge in [-0.1, -0.05) is 30.1 Å². The predicted octanol–water partition coefficient (Wildman–Crippen LogP) is 2.74. The van der Waals surface area contributed by atoms with E-state index in [1.807, 2.05) is 6.92 Å². The molecule has 1 saturated heterocycles. The lowest BCUT2D eigenvalue weighted by atomic mass is 10.1. The molecule has 1 aromatic carbocycles. The Hall–Kier alpha value is -1.46. The molecule has 1 aliphatic heterocycles. The Balaban J connectivity index is 2.12. The Labute approximate surface area is 127 Å². The number of nitrogens with zero attached hydrogens (tertiary/aromatic N) is 1. The van der Waals surface area contributed by atoms with Crippen LogP contribution >= 0.6 is 23.2 Å². The van der Waals surface area contributed by atoms with Crippen LogP contribution < -0.4 is 10.6 Å². The molecule has 1 heterocycles. The molecule has 1 atom stereocenters.